The molecule has 0 spiro atoms. The van der Waals surface area contributed by atoms with E-state index in [0.29, 0.717) is 30.9 Å². The van der Waals surface area contributed by atoms with E-state index in [9.17, 15) is 4.79 Å². The topological polar surface area (TPSA) is 61.5 Å². The lowest BCUT2D eigenvalue weighted by Gasteiger charge is -2.24. The first-order chi connectivity index (χ1) is 15.8. The molecule has 0 saturated heterocycles. The summed E-state index contributed by atoms with van der Waals surface area (Å²) < 4.78 is 5.85. The van der Waals surface area contributed by atoms with Gasteiger partial charge >= 0.3 is 0 Å². The Morgan fingerprint density at radius 1 is 0.906 bits per heavy atom. The molecule has 1 N–H and O–H groups in total. The zero-order chi connectivity index (χ0) is 21.8. The summed E-state index contributed by atoms with van der Waals surface area (Å²) in [5.74, 6) is 1.50. The van der Waals surface area contributed by atoms with Crippen LogP contribution in [-0.4, -0.2) is 33.9 Å². The molecule has 0 fully saturated rings. The van der Waals surface area contributed by atoms with E-state index in [1.165, 1.54) is 0 Å². The maximum absolute atomic E-state index is 13.3. The Bertz CT molecular complexity index is 1170. The third-order valence-electron chi connectivity index (χ3n) is 5.61. The van der Waals surface area contributed by atoms with Crippen LogP contribution in [0, 0.1) is 0 Å². The Morgan fingerprint density at radius 2 is 1.66 bits per heavy atom. The molecular formula is C26H24N4O2. The highest BCUT2D eigenvalue weighted by molar-refractivity contribution is 5.94. The molecule has 0 aliphatic carbocycles. The number of H-pyrrole nitrogens is 1. The van der Waals surface area contributed by atoms with Crippen molar-refractivity contribution in [2.75, 3.05) is 18.0 Å². The molecule has 3 aromatic carbocycles. The number of amides is 1. The minimum Gasteiger partial charge on any atom is -0.457 e. The molecule has 0 unspecified atom stereocenters. The Labute approximate surface area is 187 Å². The lowest BCUT2D eigenvalue weighted by Crippen LogP contribution is -2.35. The van der Waals surface area contributed by atoms with Crippen LogP contribution in [-0.2, 0) is 13.1 Å². The first-order valence-electron chi connectivity index (χ1n) is 10.7. The van der Waals surface area contributed by atoms with Crippen LogP contribution in [0.5, 0.6) is 11.5 Å². The molecule has 6 nitrogen and oxygen atoms in total. The number of hydrogen-bond donors (Lipinski definition) is 1. The largest absolute Gasteiger partial charge is 0.457 e. The van der Waals surface area contributed by atoms with E-state index in [1.807, 2.05) is 77.8 Å². The molecule has 0 bridgehead atoms. The minimum atomic E-state index is 0.0210. The third kappa shape index (κ3) is 4.34. The summed E-state index contributed by atoms with van der Waals surface area (Å²) in [6.07, 6.45) is 3.61. The molecule has 0 atom stereocenters. The summed E-state index contributed by atoms with van der Waals surface area (Å²) in [4.78, 5) is 24.9. The number of para-hydroxylation sites is 2. The van der Waals surface area contributed by atoms with Gasteiger partial charge in [-0.05, 0) is 48.0 Å². The predicted molar refractivity (Wildman–Crippen MR) is 124 cm³/mol. The Morgan fingerprint density at radius 3 is 2.44 bits per heavy atom. The minimum absolute atomic E-state index is 0.0210. The molecular weight excluding hydrogens is 400 g/mol. The van der Waals surface area contributed by atoms with Crippen LogP contribution >= 0.6 is 0 Å². The number of ether oxygens (including phenoxy) is 1. The highest BCUT2D eigenvalue weighted by Gasteiger charge is 2.24. The number of aromatic nitrogens is 2. The number of aromatic amines is 1. The van der Waals surface area contributed by atoms with Crippen molar-refractivity contribution in [2.45, 2.75) is 13.1 Å². The molecule has 1 amide bonds. The molecule has 5 rings (SSSR count). The van der Waals surface area contributed by atoms with Crippen molar-refractivity contribution in [1.82, 2.24) is 14.9 Å². The van der Waals surface area contributed by atoms with Gasteiger partial charge in [0.2, 0.25) is 0 Å². The summed E-state index contributed by atoms with van der Waals surface area (Å²) in [7, 11) is 0. The van der Waals surface area contributed by atoms with Crippen molar-refractivity contribution in [3.63, 3.8) is 0 Å². The van der Waals surface area contributed by atoms with Gasteiger partial charge in [0.15, 0.2) is 0 Å². The van der Waals surface area contributed by atoms with Crippen molar-refractivity contribution in [2.24, 2.45) is 0 Å². The van der Waals surface area contributed by atoms with Crippen molar-refractivity contribution < 1.29 is 9.53 Å². The van der Waals surface area contributed by atoms with E-state index >= 15 is 0 Å². The quantitative estimate of drug-likeness (QED) is 0.497. The van der Waals surface area contributed by atoms with Crippen LogP contribution in [0.2, 0.25) is 0 Å². The average Bonchev–Trinajstić information content (AvgIpc) is 3.28. The molecule has 1 aliphatic rings. The molecule has 1 aromatic heterocycles. The van der Waals surface area contributed by atoms with Crippen LogP contribution in [0.3, 0.4) is 0 Å². The van der Waals surface area contributed by atoms with Crippen LogP contribution in [0.15, 0.2) is 91.4 Å². The van der Waals surface area contributed by atoms with Gasteiger partial charge in [0, 0.05) is 37.1 Å². The second kappa shape index (κ2) is 8.98. The highest BCUT2D eigenvalue weighted by atomic mass is 16.5. The van der Waals surface area contributed by atoms with Gasteiger partial charge in [-0.3, -0.25) is 4.79 Å². The zero-order valence-electron chi connectivity index (χ0n) is 17.6. The second-order valence-electron chi connectivity index (χ2n) is 7.78. The smallest absolute Gasteiger partial charge is 0.254 e. The summed E-state index contributed by atoms with van der Waals surface area (Å²) in [6.45, 7) is 2.66. The van der Waals surface area contributed by atoms with Gasteiger partial charge in [-0.2, -0.15) is 0 Å². The number of imidazole rings is 1. The van der Waals surface area contributed by atoms with Crippen molar-refractivity contribution in [3.8, 4) is 11.5 Å². The highest BCUT2D eigenvalue weighted by Crippen LogP contribution is 2.27. The molecule has 0 radical (unpaired) electrons. The first-order valence-corrected chi connectivity index (χ1v) is 10.7. The fraction of sp³-hybridized carbons (Fsp3) is 0.154. The lowest BCUT2D eigenvalue weighted by molar-refractivity contribution is 0.0751. The van der Waals surface area contributed by atoms with E-state index in [1.54, 1.807) is 6.33 Å². The second-order valence-corrected chi connectivity index (χ2v) is 7.78. The molecule has 4 aromatic rings. The number of benzene rings is 3. The van der Waals surface area contributed by atoms with Gasteiger partial charge in [0.25, 0.3) is 5.91 Å². The van der Waals surface area contributed by atoms with Gasteiger partial charge in [-0.25, -0.2) is 4.98 Å². The van der Waals surface area contributed by atoms with Crippen molar-refractivity contribution in [1.29, 1.82) is 0 Å². The molecule has 32 heavy (non-hydrogen) atoms. The van der Waals surface area contributed by atoms with Gasteiger partial charge < -0.3 is 19.5 Å². The number of hydrogen-bond acceptors (Lipinski definition) is 4. The number of anilines is 1. The van der Waals surface area contributed by atoms with Crippen LogP contribution in [0.1, 0.15) is 21.6 Å². The maximum Gasteiger partial charge on any atom is 0.254 e. The SMILES string of the molecule is O=C(c1ccc(Oc2ccccc2)cc1)N1CCN(Cc2c[nH]cn2)c2ccccc2C1. The van der Waals surface area contributed by atoms with E-state index in [4.69, 9.17) is 4.74 Å². The summed E-state index contributed by atoms with van der Waals surface area (Å²) >= 11 is 0. The Balaban J connectivity index is 1.32. The third-order valence-corrected chi connectivity index (χ3v) is 5.61. The van der Waals surface area contributed by atoms with Gasteiger partial charge in [-0.15, -0.1) is 0 Å². The fourth-order valence-electron chi connectivity index (χ4n) is 3.98. The van der Waals surface area contributed by atoms with Crippen LogP contribution in [0.4, 0.5) is 5.69 Å². The van der Waals surface area contributed by atoms with Crippen LogP contribution < -0.4 is 9.64 Å². The standard InChI is InChI=1S/C26H24N4O2/c31-26(20-10-12-24(13-11-20)32-23-7-2-1-3-8-23)30-15-14-29(18-22-16-27-19-28-22)25-9-5-4-6-21(25)17-30/h1-13,16,19H,14-15,17-18H2,(H,27,28). The van der Waals surface area contributed by atoms with Gasteiger partial charge in [0.1, 0.15) is 11.5 Å². The predicted octanol–water partition coefficient (Wildman–Crippen LogP) is 4.86. The monoisotopic (exact) mass is 424 g/mol. The van der Waals surface area contributed by atoms with Gasteiger partial charge in [0.05, 0.1) is 18.6 Å². The Kier molecular flexibility index (Phi) is 5.58. The number of nitrogens with one attached hydrogen (secondary N) is 1. The number of nitrogens with zero attached hydrogens (tertiary/aromatic N) is 3. The van der Waals surface area contributed by atoms with E-state index in [0.717, 1.165) is 29.2 Å². The summed E-state index contributed by atoms with van der Waals surface area (Å²) in [6, 6.07) is 25.2. The van der Waals surface area contributed by atoms with Gasteiger partial charge in [-0.1, -0.05) is 36.4 Å². The average molecular weight is 425 g/mol. The number of rotatable bonds is 5. The van der Waals surface area contributed by atoms with E-state index in [2.05, 4.69) is 27.0 Å². The maximum atomic E-state index is 13.3. The van der Waals surface area contributed by atoms with E-state index < -0.39 is 0 Å². The fourth-order valence-corrected chi connectivity index (χ4v) is 3.98. The molecule has 2 heterocycles. The molecule has 6 heteroatoms. The van der Waals surface area contributed by atoms with Crippen molar-refractivity contribution in [3.05, 3.63) is 108 Å². The van der Waals surface area contributed by atoms with Crippen LogP contribution in [0.25, 0.3) is 0 Å². The molecule has 160 valence electrons. The molecule has 1 aliphatic heterocycles. The van der Waals surface area contributed by atoms with Crippen molar-refractivity contribution >= 4 is 11.6 Å². The summed E-state index contributed by atoms with van der Waals surface area (Å²) in [5, 5.41) is 0. The number of carbonyl (C=O) groups excluding carboxylic acids is 1. The zero-order valence-corrected chi connectivity index (χ0v) is 17.6. The number of fused-ring (bicyclic) bond motifs is 1. The normalized spacial score (nSPS) is 13.4. The summed E-state index contributed by atoms with van der Waals surface area (Å²) in [5.41, 5.74) is 3.92. The molecule has 0 saturated carbocycles. The van der Waals surface area contributed by atoms with E-state index in [-0.39, 0.29) is 5.91 Å². The number of carbonyl (C=O) groups is 1. The first kappa shape index (κ1) is 19.9. The lowest BCUT2D eigenvalue weighted by atomic mass is 10.1. The Hall–Kier alpha value is -4.06.